The van der Waals surface area contributed by atoms with Gasteiger partial charge in [0.25, 0.3) is 0 Å². The van der Waals surface area contributed by atoms with Gasteiger partial charge in [-0.3, -0.25) is 0 Å². The maximum Gasteiger partial charge on any atom is 0.342 e. The van der Waals surface area contributed by atoms with Crippen molar-refractivity contribution in [3.05, 3.63) is 48.0 Å². The number of benzene rings is 2. The normalized spacial score (nSPS) is 10.3. The van der Waals surface area contributed by atoms with Gasteiger partial charge in [-0.1, -0.05) is 30.3 Å². The van der Waals surface area contributed by atoms with E-state index in [1.807, 2.05) is 18.2 Å². The first-order chi connectivity index (χ1) is 10.1. The van der Waals surface area contributed by atoms with Gasteiger partial charge in [-0.05, 0) is 17.7 Å². The number of rotatable bonds is 5. The zero-order valence-corrected chi connectivity index (χ0v) is 11.3. The Bertz CT molecular complexity index is 622. The maximum atomic E-state index is 11.8. The highest BCUT2D eigenvalue weighted by molar-refractivity contribution is 5.95. The Morgan fingerprint density at radius 3 is 2.38 bits per heavy atom. The van der Waals surface area contributed by atoms with E-state index < -0.39 is 11.7 Å². The van der Waals surface area contributed by atoms with E-state index in [-0.39, 0.29) is 24.5 Å². The number of phenolic OH excluding ortho intramolecular Hbond substituents is 2. The molecule has 0 heterocycles. The second-order valence-corrected chi connectivity index (χ2v) is 4.44. The Labute approximate surface area is 122 Å². The van der Waals surface area contributed by atoms with Gasteiger partial charge in [-0.25, -0.2) is 4.79 Å². The lowest BCUT2D eigenvalue weighted by molar-refractivity contribution is 0.0478. The second-order valence-electron chi connectivity index (χ2n) is 4.44. The first-order valence-electron chi connectivity index (χ1n) is 6.53. The van der Waals surface area contributed by atoms with E-state index in [0.717, 1.165) is 5.56 Å². The Kier molecular flexibility index (Phi) is 4.79. The van der Waals surface area contributed by atoms with Crippen LogP contribution in [0.15, 0.2) is 42.5 Å². The van der Waals surface area contributed by atoms with Gasteiger partial charge in [0.05, 0.1) is 6.61 Å². The highest BCUT2D eigenvalue weighted by atomic mass is 16.5. The van der Waals surface area contributed by atoms with Crippen molar-refractivity contribution in [2.24, 2.45) is 0 Å². The minimum atomic E-state index is -0.740. The summed E-state index contributed by atoms with van der Waals surface area (Å²) >= 11 is 0. The third-order valence-corrected chi connectivity index (χ3v) is 2.99. The largest absolute Gasteiger partial charge is 0.504 e. The lowest BCUT2D eigenvalue weighted by atomic mass is 10.0. The van der Waals surface area contributed by atoms with Crippen molar-refractivity contribution < 1.29 is 24.9 Å². The van der Waals surface area contributed by atoms with E-state index in [1.54, 1.807) is 18.2 Å². The predicted octanol–water partition coefficient (Wildman–Crippen LogP) is 2.30. The summed E-state index contributed by atoms with van der Waals surface area (Å²) in [6.45, 7) is -0.0343. The zero-order valence-electron chi connectivity index (χ0n) is 11.3. The molecule has 2 rings (SSSR count). The zero-order chi connectivity index (χ0) is 15.2. The van der Waals surface area contributed by atoms with Crippen LogP contribution in [0.25, 0.3) is 11.1 Å². The molecule has 5 nitrogen and oxygen atoms in total. The Hall–Kier alpha value is -2.53. The summed E-state index contributed by atoms with van der Waals surface area (Å²) in [7, 11) is 0. The fourth-order valence-electron chi connectivity index (χ4n) is 1.90. The standard InChI is InChI=1S/C16H16O5/c17-9-4-10-21-16(20)13-8-7-12(14(18)15(13)19)11-5-2-1-3-6-11/h1-3,5-8,17-19H,4,9-10H2. The number of hydrogen-bond donors (Lipinski definition) is 3. The molecule has 0 aliphatic heterocycles. The molecule has 5 heteroatoms. The molecule has 0 aliphatic rings. The number of esters is 1. The van der Waals surface area contributed by atoms with Crippen LogP contribution in [0, 0.1) is 0 Å². The minimum absolute atomic E-state index is 0.0516. The fraction of sp³-hybridized carbons (Fsp3) is 0.188. The number of hydrogen-bond acceptors (Lipinski definition) is 5. The van der Waals surface area contributed by atoms with Crippen LogP contribution in [-0.4, -0.2) is 34.5 Å². The van der Waals surface area contributed by atoms with Gasteiger partial charge in [0, 0.05) is 18.6 Å². The van der Waals surface area contributed by atoms with Crippen LogP contribution in [0.2, 0.25) is 0 Å². The van der Waals surface area contributed by atoms with Crippen molar-refractivity contribution >= 4 is 5.97 Å². The molecular formula is C16H16O5. The van der Waals surface area contributed by atoms with Crippen LogP contribution in [0.1, 0.15) is 16.8 Å². The SMILES string of the molecule is O=C(OCCCO)c1ccc(-c2ccccc2)c(O)c1O. The molecule has 0 saturated carbocycles. The molecule has 2 aromatic carbocycles. The first kappa shape index (κ1) is 14.9. The van der Waals surface area contributed by atoms with Gasteiger partial charge in [-0.2, -0.15) is 0 Å². The van der Waals surface area contributed by atoms with Gasteiger partial charge in [0.1, 0.15) is 5.56 Å². The Morgan fingerprint density at radius 2 is 1.71 bits per heavy atom. The van der Waals surface area contributed by atoms with Crippen LogP contribution in [0.3, 0.4) is 0 Å². The molecule has 0 radical (unpaired) electrons. The number of carbonyl (C=O) groups excluding carboxylic acids is 1. The van der Waals surface area contributed by atoms with Crippen molar-refractivity contribution in [1.82, 2.24) is 0 Å². The van der Waals surface area contributed by atoms with Gasteiger partial charge in [-0.15, -0.1) is 0 Å². The fourth-order valence-corrected chi connectivity index (χ4v) is 1.90. The molecule has 21 heavy (non-hydrogen) atoms. The number of aliphatic hydroxyl groups excluding tert-OH is 1. The third-order valence-electron chi connectivity index (χ3n) is 2.99. The predicted molar refractivity (Wildman–Crippen MR) is 77.2 cm³/mol. The second kappa shape index (κ2) is 6.76. The Morgan fingerprint density at radius 1 is 1.00 bits per heavy atom. The summed E-state index contributed by atoms with van der Waals surface area (Å²) in [5, 5.41) is 28.7. The van der Waals surface area contributed by atoms with Crippen molar-refractivity contribution in [2.75, 3.05) is 13.2 Å². The molecule has 110 valence electrons. The molecule has 0 atom stereocenters. The van der Waals surface area contributed by atoms with Gasteiger partial charge in [0.15, 0.2) is 11.5 Å². The third kappa shape index (κ3) is 3.32. The summed E-state index contributed by atoms with van der Waals surface area (Å²) in [6, 6.07) is 12.0. The van der Waals surface area contributed by atoms with Crippen molar-refractivity contribution in [3.8, 4) is 22.6 Å². The average molecular weight is 288 g/mol. The van der Waals surface area contributed by atoms with Gasteiger partial charge >= 0.3 is 5.97 Å². The summed E-state index contributed by atoms with van der Waals surface area (Å²) in [4.78, 5) is 11.8. The van der Waals surface area contributed by atoms with Crippen molar-refractivity contribution in [1.29, 1.82) is 0 Å². The van der Waals surface area contributed by atoms with E-state index in [1.165, 1.54) is 6.07 Å². The highest BCUT2D eigenvalue weighted by Gasteiger charge is 2.19. The molecule has 0 amide bonds. The molecular weight excluding hydrogens is 272 g/mol. The van der Waals surface area contributed by atoms with Crippen molar-refractivity contribution in [3.63, 3.8) is 0 Å². The quantitative estimate of drug-likeness (QED) is 0.446. The van der Waals surface area contributed by atoms with Crippen LogP contribution in [0.4, 0.5) is 0 Å². The number of aromatic hydroxyl groups is 2. The van der Waals surface area contributed by atoms with E-state index >= 15 is 0 Å². The summed E-state index contributed by atoms with van der Waals surface area (Å²) in [5.74, 6) is -1.61. The van der Waals surface area contributed by atoms with Crippen LogP contribution in [-0.2, 0) is 4.74 Å². The molecule has 0 fully saturated rings. The number of aliphatic hydroxyl groups is 1. The van der Waals surface area contributed by atoms with E-state index in [4.69, 9.17) is 9.84 Å². The lowest BCUT2D eigenvalue weighted by Gasteiger charge is -2.10. The molecule has 0 bridgehead atoms. The smallest absolute Gasteiger partial charge is 0.342 e. The molecule has 0 unspecified atom stereocenters. The van der Waals surface area contributed by atoms with E-state index in [0.29, 0.717) is 12.0 Å². The van der Waals surface area contributed by atoms with Crippen molar-refractivity contribution in [2.45, 2.75) is 6.42 Å². The molecule has 3 N–H and O–H groups in total. The topological polar surface area (TPSA) is 87.0 Å². The maximum absolute atomic E-state index is 11.8. The molecule has 0 aliphatic carbocycles. The molecule has 0 aromatic heterocycles. The van der Waals surface area contributed by atoms with Crippen LogP contribution >= 0.6 is 0 Å². The van der Waals surface area contributed by atoms with Crippen LogP contribution < -0.4 is 0 Å². The monoisotopic (exact) mass is 288 g/mol. The molecule has 0 spiro atoms. The summed E-state index contributed by atoms with van der Waals surface area (Å²) in [6.07, 6.45) is 0.320. The average Bonchev–Trinajstić information content (AvgIpc) is 2.51. The van der Waals surface area contributed by atoms with Gasteiger partial charge < -0.3 is 20.1 Å². The number of ether oxygens (including phenoxy) is 1. The van der Waals surface area contributed by atoms with Crippen LogP contribution in [0.5, 0.6) is 11.5 Å². The number of phenols is 2. The lowest BCUT2D eigenvalue weighted by Crippen LogP contribution is -2.07. The summed E-state index contributed by atoms with van der Waals surface area (Å²) < 4.78 is 4.88. The Balaban J connectivity index is 2.28. The number of carbonyl (C=O) groups is 1. The van der Waals surface area contributed by atoms with E-state index in [2.05, 4.69) is 0 Å². The van der Waals surface area contributed by atoms with Gasteiger partial charge in [0.2, 0.25) is 0 Å². The first-order valence-corrected chi connectivity index (χ1v) is 6.53. The molecule has 0 saturated heterocycles. The highest BCUT2D eigenvalue weighted by Crippen LogP contribution is 2.38. The summed E-state index contributed by atoms with van der Waals surface area (Å²) in [5.41, 5.74) is 1.05. The van der Waals surface area contributed by atoms with E-state index in [9.17, 15) is 15.0 Å². The molecule has 2 aromatic rings. The minimum Gasteiger partial charge on any atom is -0.504 e.